The normalized spacial score (nSPS) is 12.7. The van der Waals surface area contributed by atoms with Crippen molar-refractivity contribution in [3.05, 3.63) is 46.0 Å². The van der Waals surface area contributed by atoms with Gasteiger partial charge in [-0.2, -0.15) is 0 Å². The van der Waals surface area contributed by atoms with E-state index in [1.165, 1.54) is 10.4 Å². The van der Waals surface area contributed by atoms with Crippen LogP contribution in [-0.4, -0.2) is 48.9 Å². The van der Waals surface area contributed by atoms with E-state index in [4.69, 9.17) is 4.42 Å². The molecule has 1 amide bonds. The number of rotatable bonds is 10. The molecule has 2 aromatic rings. The van der Waals surface area contributed by atoms with E-state index in [9.17, 15) is 4.79 Å². The Morgan fingerprint density at radius 1 is 1.32 bits per heavy atom. The van der Waals surface area contributed by atoms with E-state index in [1.807, 2.05) is 24.1 Å². The number of hydrogen-bond acceptors (Lipinski definition) is 5. The number of aryl methyl sites for hydroxylation is 1. The van der Waals surface area contributed by atoms with Crippen molar-refractivity contribution in [1.29, 1.82) is 0 Å². The van der Waals surface area contributed by atoms with Crippen molar-refractivity contribution in [2.75, 3.05) is 33.2 Å². The van der Waals surface area contributed by atoms with Gasteiger partial charge in [0.15, 0.2) is 0 Å². The molecule has 2 rings (SSSR count). The zero-order chi connectivity index (χ0) is 18.2. The second-order valence-corrected chi connectivity index (χ2v) is 7.26. The number of amides is 1. The van der Waals surface area contributed by atoms with Gasteiger partial charge in [-0.25, -0.2) is 0 Å². The Hall–Kier alpha value is -1.63. The van der Waals surface area contributed by atoms with E-state index >= 15 is 0 Å². The third-order valence-corrected chi connectivity index (χ3v) is 5.42. The smallest absolute Gasteiger partial charge is 0.234 e. The summed E-state index contributed by atoms with van der Waals surface area (Å²) in [5, 5.41) is 5.16. The SMILES string of the molecule is CCN(CC)C(CNC(=O)CN(C)Cc1sccc1C)c1ccco1. The number of nitrogens with zero attached hydrogens (tertiary/aromatic N) is 2. The number of thiophene rings is 1. The van der Waals surface area contributed by atoms with Gasteiger partial charge < -0.3 is 9.73 Å². The fraction of sp³-hybridized carbons (Fsp3) is 0.526. The van der Waals surface area contributed by atoms with E-state index in [-0.39, 0.29) is 11.9 Å². The van der Waals surface area contributed by atoms with Crippen LogP contribution in [0.25, 0.3) is 0 Å². The predicted molar refractivity (Wildman–Crippen MR) is 103 cm³/mol. The maximum absolute atomic E-state index is 12.3. The molecular weight excluding hydrogens is 334 g/mol. The monoisotopic (exact) mass is 363 g/mol. The summed E-state index contributed by atoms with van der Waals surface area (Å²) in [5.41, 5.74) is 1.29. The Balaban J connectivity index is 1.87. The van der Waals surface area contributed by atoms with Crippen LogP contribution in [-0.2, 0) is 11.3 Å². The lowest BCUT2D eigenvalue weighted by molar-refractivity contribution is -0.122. The number of carbonyl (C=O) groups is 1. The van der Waals surface area contributed by atoms with E-state index in [1.54, 1.807) is 17.6 Å². The Morgan fingerprint density at radius 2 is 2.08 bits per heavy atom. The minimum absolute atomic E-state index is 0.0421. The van der Waals surface area contributed by atoms with Gasteiger partial charge in [-0.1, -0.05) is 13.8 Å². The van der Waals surface area contributed by atoms with Crippen LogP contribution in [0.3, 0.4) is 0 Å². The van der Waals surface area contributed by atoms with Crippen LogP contribution in [0.1, 0.15) is 36.1 Å². The average Bonchev–Trinajstić information content (AvgIpc) is 3.24. The van der Waals surface area contributed by atoms with Gasteiger partial charge in [-0.05, 0) is 56.2 Å². The number of carbonyl (C=O) groups excluding carboxylic acids is 1. The highest BCUT2D eigenvalue weighted by atomic mass is 32.1. The molecule has 5 nitrogen and oxygen atoms in total. The molecule has 0 spiro atoms. The van der Waals surface area contributed by atoms with Crippen molar-refractivity contribution in [3.63, 3.8) is 0 Å². The minimum atomic E-state index is 0.0421. The maximum atomic E-state index is 12.3. The summed E-state index contributed by atoms with van der Waals surface area (Å²) in [6, 6.07) is 6.05. The first-order chi connectivity index (χ1) is 12.0. The first-order valence-electron chi connectivity index (χ1n) is 8.80. The van der Waals surface area contributed by atoms with Gasteiger partial charge in [-0.15, -0.1) is 11.3 Å². The summed E-state index contributed by atoms with van der Waals surface area (Å²) in [5.74, 6) is 0.937. The maximum Gasteiger partial charge on any atom is 0.234 e. The molecule has 138 valence electrons. The number of nitrogens with one attached hydrogen (secondary N) is 1. The first kappa shape index (κ1) is 19.7. The van der Waals surface area contributed by atoms with Gasteiger partial charge in [0, 0.05) is 18.0 Å². The molecule has 0 saturated carbocycles. The second-order valence-electron chi connectivity index (χ2n) is 6.26. The van der Waals surface area contributed by atoms with Crippen LogP contribution in [0, 0.1) is 6.92 Å². The topological polar surface area (TPSA) is 48.7 Å². The molecule has 2 heterocycles. The standard InChI is InChI=1S/C19H29N3O2S/c1-5-22(6-2)16(17-8-7-10-24-17)12-20-19(23)14-21(4)13-18-15(3)9-11-25-18/h7-11,16H,5-6,12-14H2,1-4H3,(H,20,23). The third-order valence-electron chi connectivity index (χ3n) is 4.41. The Morgan fingerprint density at radius 3 is 2.64 bits per heavy atom. The summed E-state index contributed by atoms with van der Waals surface area (Å²) in [4.78, 5) is 18.0. The molecule has 0 bridgehead atoms. The minimum Gasteiger partial charge on any atom is -0.468 e. The van der Waals surface area contributed by atoms with Crippen molar-refractivity contribution >= 4 is 17.2 Å². The highest BCUT2D eigenvalue weighted by Gasteiger charge is 2.21. The molecule has 0 saturated heterocycles. The lowest BCUT2D eigenvalue weighted by Crippen LogP contribution is -2.41. The van der Waals surface area contributed by atoms with Crippen molar-refractivity contribution < 1.29 is 9.21 Å². The lowest BCUT2D eigenvalue weighted by Gasteiger charge is -2.28. The van der Waals surface area contributed by atoms with Crippen molar-refractivity contribution in [1.82, 2.24) is 15.1 Å². The van der Waals surface area contributed by atoms with E-state index < -0.39 is 0 Å². The van der Waals surface area contributed by atoms with Gasteiger partial charge in [0.2, 0.25) is 5.91 Å². The molecule has 1 N–H and O–H groups in total. The van der Waals surface area contributed by atoms with Crippen molar-refractivity contribution in [2.24, 2.45) is 0 Å². The van der Waals surface area contributed by atoms with Crippen molar-refractivity contribution in [2.45, 2.75) is 33.4 Å². The van der Waals surface area contributed by atoms with E-state index in [2.05, 4.69) is 42.4 Å². The molecule has 1 unspecified atom stereocenters. The molecule has 0 radical (unpaired) electrons. The fourth-order valence-corrected chi connectivity index (χ4v) is 3.92. The summed E-state index contributed by atoms with van der Waals surface area (Å²) in [7, 11) is 1.98. The summed E-state index contributed by atoms with van der Waals surface area (Å²) >= 11 is 1.74. The highest BCUT2D eigenvalue weighted by molar-refractivity contribution is 7.10. The molecule has 0 aliphatic heterocycles. The molecule has 0 aromatic carbocycles. The van der Waals surface area contributed by atoms with E-state index in [0.29, 0.717) is 13.1 Å². The predicted octanol–water partition coefficient (Wildman–Crippen LogP) is 3.28. The van der Waals surface area contributed by atoms with E-state index in [0.717, 1.165) is 25.4 Å². The van der Waals surface area contributed by atoms with Gasteiger partial charge in [0.25, 0.3) is 0 Å². The molecule has 0 fully saturated rings. The number of hydrogen-bond donors (Lipinski definition) is 1. The van der Waals surface area contributed by atoms with Gasteiger partial charge in [-0.3, -0.25) is 14.6 Å². The van der Waals surface area contributed by atoms with Crippen LogP contribution in [0.4, 0.5) is 0 Å². The van der Waals surface area contributed by atoms with Gasteiger partial charge in [0.1, 0.15) is 5.76 Å². The molecule has 1 atom stereocenters. The largest absolute Gasteiger partial charge is 0.468 e. The molecule has 25 heavy (non-hydrogen) atoms. The lowest BCUT2D eigenvalue weighted by atomic mass is 10.2. The fourth-order valence-electron chi connectivity index (χ4n) is 2.93. The summed E-state index contributed by atoms with van der Waals surface area (Å²) < 4.78 is 5.57. The Labute approximate surface area is 154 Å². The first-order valence-corrected chi connectivity index (χ1v) is 9.68. The number of furan rings is 1. The van der Waals surface area contributed by atoms with Crippen LogP contribution < -0.4 is 5.32 Å². The zero-order valence-electron chi connectivity index (χ0n) is 15.6. The Bertz CT molecular complexity index is 635. The van der Waals surface area contributed by atoms with Gasteiger partial charge in [0.05, 0.1) is 18.8 Å². The third kappa shape index (κ3) is 5.70. The number of likely N-dealkylation sites (N-methyl/N-ethyl adjacent to an activating group) is 2. The van der Waals surface area contributed by atoms with Crippen LogP contribution >= 0.6 is 11.3 Å². The van der Waals surface area contributed by atoms with Crippen LogP contribution in [0.5, 0.6) is 0 Å². The summed E-state index contributed by atoms with van der Waals surface area (Å²) in [6.07, 6.45) is 1.69. The molecule has 0 aliphatic rings. The van der Waals surface area contributed by atoms with Crippen LogP contribution in [0.2, 0.25) is 0 Å². The zero-order valence-corrected chi connectivity index (χ0v) is 16.4. The highest BCUT2D eigenvalue weighted by Crippen LogP contribution is 2.20. The second kappa shape index (κ2) is 9.75. The summed E-state index contributed by atoms with van der Waals surface area (Å²) in [6.45, 7) is 9.92. The quantitative estimate of drug-likeness (QED) is 0.704. The molecule has 6 heteroatoms. The Kier molecular flexibility index (Phi) is 7.68. The average molecular weight is 364 g/mol. The van der Waals surface area contributed by atoms with Crippen molar-refractivity contribution in [3.8, 4) is 0 Å². The molecule has 2 aromatic heterocycles. The van der Waals surface area contributed by atoms with Crippen LogP contribution in [0.15, 0.2) is 34.3 Å². The molecule has 0 aliphatic carbocycles. The molecular formula is C19H29N3O2S. The van der Waals surface area contributed by atoms with Gasteiger partial charge >= 0.3 is 0 Å².